The third kappa shape index (κ3) is 9.21. The Kier molecular flexibility index (Phi) is 12.6. The molecule has 2 N–H and O–H groups in total. The molecule has 1 saturated heterocycles. The number of thioether (sulfide) groups is 1. The molecular formula is C20H32IN3O2S. The fraction of sp³-hybridized carbons (Fsp3) is 0.550. The van der Waals surface area contributed by atoms with E-state index in [2.05, 4.69) is 47.3 Å². The average molecular weight is 505 g/mol. The summed E-state index contributed by atoms with van der Waals surface area (Å²) in [5.41, 5.74) is 2.34. The van der Waals surface area contributed by atoms with Crippen LogP contribution in [0.4, 0.5) is 0 Å². The fourth-order valence-corrected chi connectivity index (χ4v) is 3.25. The van der Waals surface area contributed by atoms with Gasteiger partial charge in [-0.25, -0.2) is 0 Å². The van der Waals surface area contributed by atoms with E-state index in [9.17, 15) is 0 Å². The third-order valence-electron chi connectivity index (χ3n) is 4.17. The minimum absolute atomic E-state index is 0. The maximum Gasteiger partial charge on any atom is 0.191 e. The number of aryl methyl sites for hydroxylation is 1. The van der Waals surface area contributed by atoms with Crippen molar-refractivity contribution in [1.29, 1.82) is 0 Å². The quantitative estimate of drug-likeness (QED) is 0.167. The van der Waals surface area contributed by atoms with Crippen molar-refractivity contribution < 1.29 is 9.47 Å². The first-order chi connectivity index (χ1) is 12.7. The molecule has 7 heteroatoms. The Balaban J connectivity index is 0.00000364. The molecule has 0 amide bonds. The van der Waals surface area contributed by atoms with E-state index in [1.54, 1.807) is 7.05 Å². The van der Waals surface area contributed by atoms with Crippen LogP contribution in [0, 0.1) is 12.8 Å². The normalized spacial score (nSPS) is 16.5. The monoisotopic (exact) mass is 505 g/mol. The van der Waals surface area contributed by atoms with E-state index in [0.717, 1.165) is 55.0 Å². The summed E-state index contributed by atoms with van der Waals surface area (Å²) >= 11 is 1.85. The van der Waals surface area contributed by atoms with Crippen LogP contribution < -0.4 is 15.4 Å². The van der Waals surface area contributed by atoms with Crippen LogP contribution in [0.15, 0.2) is 35.8 Å². The number of benzene rings is 1. The molecule has 0 radical (unpaired) electrons. The van der Waals surface area contributed by atoms with Gasteiger partial charge in [0.1, 0.15) is 5.75 Å². The van der Waals surface area contributed by atoms with E-state index in [0.29, 0.717) is 19.1 Å². The van der Waals surface area contributed by atoms with E-state index < -0.39 is 0 Å². The first-order valence-electron chi connectivity index (χ1n) is 9.16. The highest BCUT2D eigenvalue weighted by Gasteiger charge is 2.17. The number of guanidine groups is 1. The van der Waals surface area contributed by atoms with Gasteiger partial charge in [-0.05, 0) is 25.0 Å². The fourth-order valence-electron chi connectivity index (χ4n) is 2.67. The van der Waals surface area contributed by atoms with Gasteiger partial charge in [0.2, 0.25) is 0 Å². The predicted octanol–water partition coefficient (Wildman–Crippen LogP) is 3.61. The van der Waals surface area contributed by atoms with Crippen molar-refractivity contribution >= 4 is 41.7 Å². The molecule has 1 aromatic rings. The molecular weight excluding hydrogens is 473 g/mol. The smallest absolute Gasteiger partial charge is 0.191 e. The summed E-state index contributed by atoms with van der Waals surface area (Å²) in [4.78, 5) is 4.28. The van der Waals surface area contributed by atoms with E-state index in [4.69, 9.17) is 9.47 Å². The van der Waals surface area contributed by atoms with Gasteiger partial charge in [-0.1, -0.05) is 18.2 Å². The van der Waals surface area contributed by atoms with Crippen LogP contribution in [0.5, 0.6) is 5.75 Å². The predicted molar refractivity (Wildman–Crippen MR) is 127 cm³/mol. The molecule has 0 spiro atoms. The van der Waals surface area contributed by atoms with E-state index in [-0.39, 0.29) is 24.0 Å². The molecule has 1 aliphatic rings. The van der Waals surface area contributed by atoms with E-state index in [1.165, 1.54) is 5.56 Å². The lowest BCUT2D eigenvalue weighted by Crippen LogP contribution is -2.38. The molecule has 27 heavy (non-hydrogen) atoms. The number of halogens is 1. The number of nitrogens with one attached hydrogen (secondary N) is 2. The second-order valence-corrected chi connectivity index (χ2v) is 7.52. The molecule has 0 aliphatic carbocycles. The molecule has 1 heterocycles. The highest BCUT2D eigenvalue weighted by molar-refractivity contribution is 14.0. The van der Waals surface area contributed by atoms with Crippen molar-refractivity contribution in [1.82, 2.24) is 10.6 Å². The van der Waals surface area contributed by atoms with Crippen molar-refractivity contribution in [2.45, 2.75) is 19.9 Å². The molecule has 1 fully saturated rings. The number of ether oxygens (including phenoxy) is 2. The van der Waals surface area contributed by atoms with Crippen LogP contribution in [0.2, 0.25) is 0 Å². The van der Waals surface area contributed by atoms with Gasteiger partial charge in [0.05, 0.1) is 13.2 Å². The zero-order chi connectivity index (χ0) is 18.6. The van der Waals surface area contributed by atoms with Gasteiger partial charge in [-0.3, -0.25) is 4.99 Å². The van der Waals surface area contributed by atoms with Gasteiger partial charge in [0, 0.05) is 49.7 Å². The molecule has 152 valence electrons. The first-order valence-corrected chi connectivity index (χ1v) is 10.3. The summed E-state index contributed by atoms with van der Waals surface area (Å²) in [5.74, 6) is 4.25. The molecule has 0 aromatic heterocycles. The maximum absolute atomic E-state index is 6.10. The van der Waals surface area contributed by atoms with Gasteiger partial charge >= 0.3 is 0 Å². The Hall–Kier alpha value is -0.930. The summed E-state index contributed by atoms with van der Waals surface area (Å²) in [5, 5.41) is 6.70. The van der Waals surface area contributed by atoms with Crippen molar-refractivity contribution in [3.63, 3.8) is 0 Å². The van der Waals surface area contributed by atoms with Crippen LogP contribution in [0.1, 0.15) is 17.5 Å². The van der Waals surface area contributed by atoms with E-state index in [1.807, 2.05) is 17.8 Å². The SMILES string of the molecule is C=CCSCCNC(=NC)NCc1ccc(C)cc1OCC1CCOC1.I. The molecule has 1 atom stereocenters. The second-order valence-electron chi connectivity index (χ2n) is 6.37. The second kappa shape index (κ2) is 14.1. The van der Waals surface area contributed by atoms with Crippen molar-refractivity contribution in [3.05, 3.63) is 42.0 Å². The Labute approximate surface area is 184 Å². The van der Waals surface area contributed by atoms with Gasteiger partial charge in [-0.15, -0.1) is 30.6 Å². The Morgan fingerprint density at radius 3 is 3.00 bits per heavy atom. The van der Waals surface area contributed by atoms with Crippen LogP contribution in [0.3, 0.4) is 0 Å². The van der Waals surface area contributed by atoms with E-state index >= 15 is 0 Å². The van der Waals surface area contributed by atoms with Crippen molar-refractivity contribution in [2.75, 3.05) is 44.9 Å². The molecule has 5 nitrogen and oxygen atoms in total. The lowest BCUT2D eigenvalue weighted by atomic mass is 10.1. The molecule has 0 bridgehead atoms. The topological polar surface area (TPSA) is 54.9 Å². The van der Waals surface area contributed by atoms with Gasteiger partial charge in [-0.2, -0.15) is 11.8 Å². The standard InChI is InChI=1S/C20H31N3O2S.HI/c1-4-10-26-11-8-22-20(21-3)23-13-18-6-5-16(2)12-19(18)25-15-17-7-9-24-14-17;/h4-6,12,17H,1,7-11,13-15H2,2-3H3,(H2,21,22,23);1H. The molecule has 1 aromatic carbocycles. The molecule has 0 saturated carbocycles. The van der Waals surface area contributed by atoms with Crippen molar-refractivity contribution in [3.8, 4) is 5.75 Å². The molecule has 1 unspecified atom stereocenters. The summed E-state index contributed by atoms with van der Waals surface area (Å²) in [6.45, 7) is 9.74. The van der Waals surface area contributed by atoms with Crippen LogP contribution in [0.25, 0.3) is 0 Å². The first kappa shape index (κ1) is 24.1. The Morgan fingerprint density at radius 2 is 2.30 bits per heavy atom. The number of aliphatic imine (C=N–C) groups is 1. The summed E-state index contributed by atoms with van der Waals surface area (Å²) in [7, 11) is 1.79. The summed E-state index contributed by atoms with van der Waals surface area (Å²) in [6, 6.07) is 6.34. The third-order valence-corrected chi connectivity index (χ3v) is 5.13. The number of rotatable bonds is 10. The molecule has 2 rings (SSSR count). The highest BCUT2D eigenvalue weighted by Crippen LogP contribution is 2.22. The number of nitrogens with zero attached hydrogens (tertiary/aromatic N) is 1. The van der Waals surface area contributed by atoms with Crippen LogP contribution in [-0.4, -0.2) is 50.9 Å². The zero-order valence-corrected chi connectivity index (χ0v) is 19.5. The van der Waals surface area contributed by atoms with Gasteiger partial charge < -0.3 is 20.1 Å². The summed E-state index contributed by atoms with van der Waals surface area (Å²) in [6.07, 6.45) is 3.01. The number of hydrogen-bond acceptors (Lipinski definition) is 4. The van der Waals surface area contributed by atoms with Crippen molar-refractivity contribution in [2.24, 2.45) is 10.9 Å². The largest absolute Gasteiger partial charge is 0.493 e. The number of hydrogen-bond donors (Lipinski definition) is 2. The average Bonchev–Trinajstić information content (AvgIpc) is 3.17. The highest BCUT2D eigenvalue weighted by atomic mass is 127. The summed E-state index contributed by atoms with van der Waals surface area (Å²) < 4.78 is 11.5. The Bertz CT molecular complexity index is 593. The van der Waals surface area contributed by atoms with Crippen LogP contribution >= 0.6 is 35.7 Å². The minimum Gasteiger partial charge on any atom is -0.493 e. The maximum atomic E-state index is 6.10. The Morgan fingerprint density at radius 1 is 1.44 bits per heavy atom. The van der Waals surface area contributed by atoms with Crippen LogP contribution in [-0.2, 0) is 11.3 Å². The van der Waals surface area contributed by atoms with Gasteiger partial charge in [0.25, 0.3) is 0 Å². The van der Waals surface area contributed by atoms with Gasteiger partial charge in [0.15, 0.2) is 5.96 Å². The zero-order valence-electron chi connectivity index (χ0n) is 16.3. The lowest BCUT2D eigenvalue weighted by molar-refractivity contribution is 0.166. The molecule has 1 aliphatic heterocycles. The lowest BCUT2D eigenvalue weighted by Gasteiger charge is -2.17. The minimum atomic E-state index is 0.